The summed E-state index contributed by atoms with van der Waals surface area (Å²) in [6, 6.07) is 0.715. The first-order valence-electron chi connectivity index (χ1n) is 8.58. The average molecular weight is 364 g/mol. The van der Waals surface area contributed by atoms with E-state index >= 15 is 0 Å². The van der Waals surface area contributed by atoms with Crippen LogP contribution in [0.5, 0.6) is 0 Å². The van der Waals surface area contributed by atoms with E-state index in [0.717, 1.165) is 11.4 Å². The number of anilines is 1. The first-order valence-corrected chi connectivity index (χ1v) is 8.58. The highest BCUT2D eigenvalue weighted by Crippen LogP contribution is 2.21. The van der Waals surface area contributed by atoms with E-state index in [-0.39, 0.29) is 24.7 Å². The van der Waals surface area contributed by atoms with E-state index in [2.05, 4.69) is 15.3 Å². The number of carboxylic acid groups (broad SMARTS) is 2. The largest absolute Gasteiger partial charge is 0.481 e. The van der Waals surface area contributed by atoms with Crippen LogP contribution in [0.4, 0.5) is 5.95 Å². The van der Waals surface area contributed by atoms with Crippen molar-refractivity contribution in [2.45, 2.75) is 45.6 Å². The average Bonchev–Trinajstić information content (AvgIpc) is 2.57. The van der Waals surface area contributed by atoms with Crippen LogP contribution in [0.25, 0.3) is 0 Å². The Labute approximate surface area is 151 Å². The summed E-state index contributed by atoms with van der Waals surface area (Å²) in [5.74, 6) is -2.31. The number of amides is 1. The van der Waals surface area contributed by atoms with E-state index in [1.807, 2.05) is 24.8 Å². The van der Waals surface area contributed by atoms with E-state index in [9.17, 15) is 14.4 Å². The second-order valence-corrected chi connectivity index (χ2v) is 6.54. The van der Waals surface area contributed by atoms with Gasteiger partial charge in [-0.15, -0.1) is 0 Å². The normalized spacial score (nSPS) is 16.2. The molecule has 0 aliphatic carbocycles. The van der Waals surface area contributed by atoms with Crippen LogP contribution in [0.2, 0.25) is 0 Å². The monoisotopic (exact) mass is 364 g/mol. The molecule has 9 nitrogen and oxygen atoms in total. The summed E-state index contributed by atoms with van der Waals surface area (Å²) in [7, 11) is 0. The molecule has 1 saturated heterocycles. The summed E-state index contributed by atoms with van der Waals surface area (Å²) >= 11 is 0. The Kier molecular flexibility index (Phi) is 6.48. The molecule has 1 unspecified atom stereocenters. The third-order valence-electron chi connectivity index (χ3n) is 4.38. The predicted octanol–water partition coefficient (Wildman–Crippen LogP) is 0.744. The molecule has 9 heteroatoms. The molecule has 3 N–H and O–H groups in total. The van der Waals surface area contributed by atoms with Crippen molar-refractivity contribution in [1.82, 2.24) is 15.3 Å². The maximum absolute atomic E-state index is 12.3. The Hall–Kier alpha value is -2.71. The van der Waals surface area contributed by atoms with Crippen molar-refractivity contribution >= 4 is 23.8 Å². The van der Waals surface area contributed by atoms with E-state index in [0.29, 0.717) is 31.9 Å². The number of hydrogen-bond acceptors (Lipinski definition) is 6. The third kappa shape index (κ3) is 5.40. The molecule has 142 valence electrons. The minimum Gasteiger partial charge on any atom is -0.481 e. The zero-order chi connectivity index (χ0) is 19.3. The Bertz CT molecular complexity index is 665. The minimum absolute atomic E-state index is 0.133. The fraction of sp³-hybridized carbons (Fsp3) is 0.588. The van der Waals surface area contributed by atoms with Crippen LogP contribution in [0, 0.1) is 19.8 Å². The van der Waals surface area contributed by atoms with E-state index in [4.69, 9.17) is 10.2 Å². The second-order valence-electron chi connectivity index (χ2n) is 6.54. The fourth-order valence-electron chi connectivity index (χ4n) is 3.01. The molecule has 1 aromatic heterocycles. The number of carbonyl (C=O) groups excluding carboxylic acids is 1. The van der Waals surface area contributed by atoms with Crippen molar-refractivity contribution in [2.75, 3.05) is 18.0 Å². The van der Waals surface area contributed by atoms with Crippen molar-refractivity contribution in [3.05, 3.63) is 17.5 Å². The number of carboxylic acids is 2. The van der Waals surface area contributed by atoms with Gasteiger partial charge in [0.25, 0.3) is 0 Å². The maximum atomic E-state index is 12.3. The molecule has 2 rings (SSSR count). The van der Waals surface area contributed by atoms with Gasteiger partial charge in [0.1, 0.15) is 6.04 Å². The molecule has 1 aliphatic heterocycles. The van der Waals surface area contributed by atoms with Crippen LogP contribution < -0.4 is 10.2 Å². The van der Waals surface area contributed by atoms with Gasteiger partial charge in [-0.1, -0.05) is 0 Å². The van der Waals surface area contributed by atoms with E-state index in [1.165, 1.54) is 0 Å². The van der Waals surface area contributed by atoms with Gasteiger partial charge in [0, 0.05) is 36.8 Å². The molecule has 1 atom stereocenters. The molecule has 1 aromatic rings. The summed E-state index contributed by atoms with van der Waals surface area (Å²) in [5.41, 5.74) is 1.77. The number of nitrogens with zero attached hydrogens (tertiary/aromatic N) is 3. The van der Waals surface area contributed by atoms with E-state index in [1.54, 1.807) is 0 Å². The van der Waals surface area contributed by atoms with E-state index < -0.39 is 18.0 Å². The zero-order valence-electron chi connectivity index (χ0n) is 14.9. The van der Waals surface area contributed by atoms with Gasteiger partial charge < -0.3 is 20.4 Å². The van der Waals surface area contributed by atoms with Gasteiger partial charge in [-0.3, -0.25) is 9.59 Å². The lowest BCUT2D eigenvalue weighted by atomic mass is 9.95. The molecule has 1 amide bonds. The molecule has 1 aliphatic rings. The van der Waals surface area contributed by atoms with Crippen molar-refractivity contribution in [1.29, 1.82) is 0 Å². The highest BCUT2D eigenvalue weighted by Gasteiger charge is 2.29. The van der Waals surface area contributed by atoms with Crippen LogP contribution in [-0.2, 0) is 14.4 Å². The first kappa shape index (κ1) is 19.6. The summed E-state index contributed by atoms with van der Waals surface area (Å²) in [6.45, 7) is 5.02. The molecule has 0 saturated carbocycles. The number of nitrogens with one attached hydrogen (secondary N) is 1. The van der Waals surface area contributed by atoms with Gasteiger partial charge >= 0.3 is 11.9 Å². The van der Waals surface area contributed by atoms with Gasteiger partial charge in [-0.25, -0.2) is 14.8 Å². The lowest BCUT2D eigenvalue weighted by Gasteiger charge is -2.32. The molecule has 0 aromatic carbocycles. The first-order chi connectivity index (χ1) is 12.3. The minimum atomic E-state index is -1.22. The van der Waals surface area contributed by atoms with Gasteiger partial charge in [-0.05, 0) is 39.2 Å². The van der Waals surface area contributed by atoms with Crippen LogP contribution >= 0.6 is 0 Å². The Morgan fingerprint density at radius 2 is 1.77 bits per heavy atom. The number of aromatic nitrogens is 2. The Morgan fingerprint density at radius 1 is 1.19 bits per heavy atom. The topological polar surface area (TPSA) is 133 Å². The number of hydrogen-bond donors (Lipinski definition) is 3. The number of aliphatic carboxylic acids is 2. The third-order valence-corrected chi connectivity index (χ3v) is 4.38. The van der Waals surface area contributed by atoms with Crippen LogP contribution in [0.3, 0.4) is 0 Å². The standard InChI is InChI=1S/C17H24N4O5/c1-10-9-11(2)19-17(18-10)21-7-5-12(6-8-21)15(24)20-13(16(25)26)3-4-14(22)23/h9,12-13H,3-8H2,1-2H3,(H,20,24)(H,22,23)(H,25,26). The molecule has 1 fully saturated rings. The summed E-state index contributed by atoms with van der Waals surface area (Å²) in [6.07, 6.45) is 0.687. The van der Waals surface area contributed by atoms with Gasteiger partial charge in [0.2, 0.25) is 11.9 Å². The van der Waals surface area contributed by atoms with Crippen LogP contribution in [0.15, 0.2) is 6.07 Å². The molecular formula is C17H24N4O5. The van der Waals surface area contributed by atoms with Gasteiger partial charge in [0.15, 0.2) is 0 Å². The fourth-order valence-corrected chi connectivity index (χ4v) is 3.01. The summed E-state index contributed by atoms with van der Waals surface area (Å²) in [5, 5.41) is 20.3. The molecule has 26 heavy (non-hydrogen) atoms. The smallest absolute Gasteiger partial charge is 0.326 e. The number of carbonyl (C=O) groups is 3. The lowest BCUT2D eigenvalue weighted by molar-refractivity contribution is -0.143. The highest BCUT2D eigenvalue weighted by molar-refractivity contribution is 5.85. The van der Waals surface area contributed by atoms with Crippen LogP contribution in [0.1, 0.15) is 37.1 Å². The Morgan fingerprint density at radius 3 is 2.27 bits per heavy atom. The van der Waals surface area contributed by atoms with Gasteiger partial charge in [-0.2, -0.15) is 0 Å². The summed E-state index contributed by atoms with van der Waals surface area (Å²) in [4.78, 5) is 45.0. The molecule has 0 spiro atoms. The maximum Gasteiger partial charge on any atom is 0.326 e. The van der Waals surface area contributed by atoms with Gasteiger partial charge in [0.05, 0.1) is 0 Å². The highest BCUT2D eigenvalue weighted by atomic mass is 16.4. The number of aryl methyl sites for hydroxylation is 2. The molecule has 0 bridgehead atoms. The Balaban J connectivity index is 1.90. The zero-order valence-corrected chi connectivity index (χ0v) is 14.9. The second kappa shape index (κ2) is 8.59. The number of piperidine rings is 1. The molecule has 2 heterocycles. The van der Waals surface area contributed by atoms with Crippen molar-refractivity contribution < 1.29 is 24.6 Å². The lowest BCUT2D eigenvalue weighted by Crippen LogP contribution is -2.47. The molecular weight excluding hydrogens is 340 g/mol. The van der Waals surface area contributed by atoms with Crippen molar-refractivity contribution in [2.24, 2.45) is 5.92 Å². The number of rotatable bonds is 7. The van der Waals surface area contributed by atoms with Crippen LogP contribution in [-0.4, -0.2) is 57.2 Å². The van der Waals surface area contributed by atoms with Crippen molar-refractivity contribution in [3.63, 3.8) is 0 Å². The molecule has 0 radical (unpaired) electrons. The SMILES string of the molecule is Cc1cc(C)nc(N2CCC(C(=O)NC(CCC(=O)O)C(=O)O)CC2)n1. The summed E-state index contributed by atoms with van der Waals surface area (Å²) < 4.78 is 0. The van der Waals surface area contributed by atoms with Crippen molar-refractivity contribution in [3.8, 4) is 0 Å². The predicted molar refractivity (Wildman–Crippen MR) is 92.9 cm³/mol. The quantitative estimate of drug-likeness (QED) is 0.645.